The molecule has 3 rings (SSSR count). The van der Waals surface area contributed by atoms with Crippen LogP contribution in [0.5, 0.6) is 17.2 Å². The summed E-state index contributed by atoms with van der Waals surface area (Å²) in [6.45, 7) is 4.12. The number of benzene rings is 2. The number of carbonyl (C=O) groups is 1. The molecule has 170 valence electrons. The summed E-state index contributed by atoms with van der Waals surface area (Å²) in [5.41, 5.74) is 2.48. The summed E-state index contributed by atoms with van der Waals surface area (Å²) in [4.78, 5) is 12.4. The van der Waals surface area contributed by atoms with Gasteiger partial charge in [0.15, 0.2) is 11.0 Å². The molecule has 0 unspecified atom stereocenters. The average Bonchev–Trinajstić information content (AvgIpc) is 3.14. The van der Waals surface area contributed by atoms with Gasteiger partial charge in [-0.25, -0.2) is 0 Å². The van der Waals surface area contributed by atoms with Gasteiger partial charge in [-0.05, 0) is 49.2 Å². The highest BCUT2D eigenvalue weighted by Crippen LogP contribution is 2.29. The maximum Gasteiger partial charge on any atom is 0.234 e. The Kier molecular flexibility index (Phi) is 7.87. The predicted molar refractivity (Wildman–Crippen MR) is 125 cm³/mol. The topological polar surface area (TPSA) is 87.5 Å². The van der Waals surface area contributed by atoms with E-state index >= 15 is 0 Å². The Bertz CT molecular complexity index is 1100. The van der Waals surface area contributed by atoms with E-state index in [-0.39, 0.29) is 18.3 Å². The van der Waals surface area contributed by atoms with Crippen LogP contribution in [0, 0.1) is 13.8 Å². The number of aryl methyl sites for hydroxylation is 2. The number of methoxy groups -OCH3 is 2. The van der Waals surface area contributed by atoms with E-state index in [1.807, 2.05) is 37.6 Å². The van der Waals surface area contributed by atoms with Gasteiger partial charge in [0.05, 0.1) is 25.7 Å². The molecule has 0 saturated heterocycles. The zero-order chi connectivity index (χ0) is 23.3. The van der Waals surface area contributed by atoms with Crippen molar-refractivity contribution >= 4 is 35.0 Å². The van der Waals surface area contributed by atoms with Crippen LogP contribution in [0.1, 0.15) is 17.0 Å². The molecular weight excluding hydrogens is 452 g/mol. The van der Waals surface area contributed by atoms with Crippen molar-refractivity contribution in [1.82, 2.24) is 14.8 Å². The van der Waals surface area contributed by atoms with Gasteiger partial charge in [0.2, 0.25) is 5.91 Å². The van der Waals surface area contributed by atoms with Crippen molar-refractivity contribution in [2.45, 2.75) is 25.6 Å². The second kappa shape index (κ2) is 10.6. The lowest BCUT2D eigenvalue weighted by Crippen LogP contribution is -2.15. The lowest BCUT2D eigenvalue weighted by atomic mass is 10.1. The molecule has 2 aromatic carbocycles. The average molecular weight is 477 g/mol. The minimum atomic E-state index is -0.189. The van der Waals surface area contributed by atoms with Crippen LogP contribution >= 0.6 is 23.4 Å². The van der Waals surface area contributed by atoms with Crippen LogP contribution in [0.2, 0.25) is 5.02 Å². The van der Waals surface area contributed by atoms with Gasteiger partial charge in [-0.15, -0.1) is 10.2 Å². The molecule has 1 heterocycles. The van der Waals surface area contributed by atoms with E-state index in [0.29, 0.717) is 28.2 Å². The highest BCUT2D eigenvalue weighted by atomic mass is 35.5. The highest BCUT2D eigenvalue weighted by Gasteiger charge is 2.14. The number of hydrogen-bond acceptors (Lipinski definition) is 7. The molecular formula is C22H25ClN4O4S. The van der Waals surface area contributed by atoms with Crippen LogP contribution in [-0.2, 0) is 18.4 Å². The molecule has 1 amide bonds. The number of aromatic nitrogens is 3. The SMILES string of the molecule is COc1ccc(NC(=O)CSc2nnc(COc3cc(C)c(Cl)c(C)c3)n2C)c(OC)c1. The van der Waals surface area contributed by atoms with Crippen molar-refractivity contribution in [2.24, 2.45) is 7.05 Å². The normalized spacial score (nSPS) is 10.7. The molecule has 32 heavy (non-hydrogen) atoms. The number of halogens is 1. The minimum absolute atomic E-state index is 0.164. The first-order chi connectivity index (χ1) is 15.3. The molecule has 0 atom stereocenters. The van der Waals surface area contributed by atoms with Crippen LogP contribution in [-0.4, -0.2) is 40.6 Å². The van der Waals surface area contributed by atoms with Gasteiger partial charge in [-0.1, -0.05) is 23.4 Å². The molecule has 10 heteroatoms. The molecule has 0 aliphatic rings. The highest BCUT2D eigenvalue weighted by molar-refractivity contribution is 7.99. The fourth-order valence-corrected chi connectivity index (χ4v) is 3.79. The number of anilines is 1. The van der Waals surface area contributed by atoms with Crippen molar-refractivity contribution in [3.63, 3.8) is 0 Å². The zero-order valence-electron chi connectivity index (χ0n) is 18.6. The molecule has 0 bridgehead atoms. The van der Waals surface area contributed by atoms with Gasteiger partial charge in [-0.3, -0.25) is 4.79 Å². The smallest absolute Gasteiger partial charge is 0.234 e. The van der Waals surface area contributed by atoms with Crippen molar-refractivity contribution in [2.75, 3.05) is 25.3 Å². The summed E-state index contributed by atoms with van der Waals surface area (Å²) in [5, 5.41) is 12.5. The predicted octanol–water partition coefficient (Wildman–Crippen LogP) is 4.41. The van der Waals surface area contributed by atoms with Crippen LogP contribution in [0.25, 0.3) is 0 Å². The summed E-state index contributed by atoms with van der Waals surface area (Å²) in [6, 6.07) is 8.97. The zero-order valence-corrected chi connectivity index (χ0v) is 20.1. The Balaban J connectivity index is 1.57. The van der Waals surface area contributed by atoms with Crippen LogP contribution in [0.15, 0.2) is 35.5 Å². The van der Waals surface area contributed by atoms with E-state index < -0.39 is 0 Å². The summed E-state index contributed by atoms with van der Waals surface area (Å²) in [6.07, 6.45) is 0. The quantitative estimate of drug-likeness (QED) is 0.457. The Morgan fingerprint density at radius 2 is 1.81 bits per heavy atom. The third-order valence-corrected chi connectivity index (χ3v) is 6.33. The van der Waals surface area contributed by atoms with Gasteiger partial charge in [0.25, 0.3) is 0 Å². The van der Waals surface area contributed by atoms with Gasteiger partial charge < -0.3 is 24.1 Å². The maximum atomic E-state index is 12.4. The van der Waals surface area contributed by atoms with E-state index in [0.717, 1.165) is 21.9 Å². The van der Waals surface area contributed by atoms with Gasteiger partial charge >= 0.3 is 0 Å². The number of nitrogens with zero attached hydrogens (tertiary/aromatic N) is 3. The molecule has 0 fully saturated rings. The second-order valence-corrected chi connectivity index (χ2v) is 8.34. The van der Waals surface area contributed by atoms with Gasteiger partial charge in [0.1, 0.15) is 23.9 Å². The number of ether oxygens (including phenoxy) is 3. The third kappa shape index (κ3) is 5.66. The fraction of sp³-hybridized carbons (Fsp3) is 0.318. The molecule has 0 aliphatic heterocycles. The second-order valence-electron chi connectivity index (χ2n) is 7.02. The Morgan fingerprint density at radius 1 is 1.09 bits per heavy atom. The summed E-state index contributed by atoms with van der Waals surface area (Å²) >= 11 is 7.49. The molecule has 1 N–H and O–H groups in total. The molecule has 0 spiro atoms. The molecule has 3 aromatic rings. The molecule has 0 saturated carbocycles. The van der Waals surface area contributed by atoms with Crippen LogP contribution < -0.4 is 19.5 Å². The monoisotopic (exact) mass is 476 g/mol. The lowest BCUT2D eigenvalue weighted by Gasteiger charge is -2.11. The number of amides is 1. The standard InChI is InChI=1S/C22H25ClN4O4S/c1-13-8-16(9-14(2)21(13)23)31-11-19-25-26-22(27(19)3)32-12-20(28)24-17-7-6-15(29-4)10-18(17)30-5/h6-10H,11-12H2,1-5H3,(H,24,28). The maximum absolute atomic E-state index is 12.4. The first-order valence-corrected chi connectivity index (χ1v) is 11.1. The first-order valence-electron chi connectivity index (χ1n) is 9.74. The summed E-state index contributed by atoms with van der Waals surface area (Å²) < 4.78 is 18.1. The van der Waals surface area contributed by atoms with Crippen LogP contribution in [0.3, 0.4) is 0 Å². The fourth-order valence-electron chi connectivity index (χ4n) is 2.95. The number of hydrogen-bond donors (Lipinski definition) is 1. The number of nitrogens with one attached hydrogen (secondary N) is 1. The van der Waals surface area contributed by atoms with Crippen molar-refractivity contribution < 1.29 is 19.0 Å². The summed E-state index contributed by atoms with van der Waals surface area (Å²) in [5.74, 6) is 2.51. The van der Waals surface area contributed by atoms with Crippen molar-refractivity contribution in [3.05, 3.63) is 52.3 Å². The Hall–Kier alpha value is -2.91. The van der Waals surface area contributed by atoms with Crippen LogP contribution in [0.4, 0.5) is 5.69 Å². The van der Waals surface area contributed by atoms with Gasteiger partial charge in [0, 0.05) is 18.1 Å². The number of thioether (sulfide) groups is 1. The molecule has 8 nitrogen and oxygen atoms in total. The van der Waals surface area contributed by atoms with E-state index in [2.05, 4.69) is 15.5 Å². The summed E-state index contributed by atoms with van der Waals surface area (Å²) in [7, 11) is 4.94. The van der Waals surface area contributed by atoms with Crippen molar-refractivity contribution in [1.29, 1.82) is 0 Å². The first kappa shape index (κ1) is 23.7. The Morgan fingerprint density at radius 3 is 2.47 bits per heavy atom. The van der Waals surface area contributed by atoms with E-state index in [4.69, 9.17) is 25.8 Å². The number of carbonyl (C=O) groups excluding carboxylic acids is 1. The van der Waals surface area contributed by atoms with E-state index in [1.54, 1.807) is 25.3 Å². The third-order valence-electron chi connectivity index (χ3n) is 4.72. The molecule has 0 radical (unpaired) electrons. The van der Waals surface area contributed by atoms with Gasteiger partial charge in [-0.2, -0.15) is 0 Å². The lowest BCUT2D eigenvalue weighted by molar-refractivity contribution is -0.113. The van der Waals surface area contributed by atoms with Crippen molar-refractivity contribution in [3.8, 4) is 17.2 Å². The minimum Gasteiger partial charge on any atom is -0.497 e. The largest absolute Gasteiger partial charge is 0.497 e. The molecule has 1 aromatic heterocycles. The van der Waals surface area contributed by atoms with E-state index in [9.17, 15) is 4.79 Å². The van der Waals surface area contributed by atoms with E-state index in [1.165, 1.54) is 18.9 Å². The Labute approximate surface area is 196 Å². The number of rotatable bonds is 9. The molecule has 0 aliphatic carbocycles.